The van der Waals surface area contributed by atoms with Crippen LogP contribution in [0.5, 0.6) is 0 Å². The van der Waals surface area contributed by atoms with Crippen molar-refractivity contribution in [2.24, 2.45) is 0 Å². The SMILES string of the molecule is CCOC(=O)/C=C/c1ccc(/C=C/C(=O)OCC)n1C(=O)N(C)C. The van der Waals surface area contributed by atoms with Crippen LogP contribution >= 0.6 is 0 Å². The summed E-state index contributed by atoms with van der Waals surface area (Å²) in [5.74, 6) is -0.989. The molecule has 24 heavy (non-hydrogen) atoms. The number of carbonyl (C=O) groups excluding carboxylic acids is 3. The number of amides is 1. The summed E-state index contributed by atoms with van der Waals surface area (Å²) in [6.07, 6.45) is 5.47. The van der Waals surface area contributed by atoms with E-state index >= 15 is 0 Å². The molecule has 0 fully saturated rings. The highest BCUT2D eigenvalue weighted by atomic mass is 16.5. The van der Waals surface area contributed by atoms with E-state index in [1.165, 1.54) is 33.8 Å². The Morgan fingerprint density at radius 2 is 1.38 bits per heavy atom. The zero-order valence-corrected chi connectivity index (χ0v) is 14.3. The van der Waals surface area contributed by atoms with E-state index in [1.54, 1.807) is 40.1 Å². The average Bonchev–Trinajstić information content (AvgIpc) is 2.93. The van der Waals surface area contributed by atoms with E-state index in [9.17, 15) is 14.4 Å². The quantitative estimate of drug-likeness (QED) is 0.588. The van der Waals surface area contributed by atoms with Crippen LogP contribution in [0.2, 0.25) is 0 Å². The predicted octanol–water partition coefficient (Wildman–Crippen LogP) is 2.17. The van der Waals surface area contributed by atoms with Gasteiger partial charge in [0.2, 0.25) is 0 Å². The molecule has 0 aliphatic carbocycles. The van der Waals surface area contributed by atoms with Gasteiger partial charge in [0.05, 0.1) is 24.6 Å². The van der Waals surface area contributed by atoms with Crippen molar-refractivity contribution in [1.29, 1.82) is 0 Å². The minimum Gasteiger partial charge on any atom is -0.463 e. The van der Waals surface area contributed by atoms with Gasteiger partial charge in [-0.15, -0.1) is 0 Å². The normalized spacial score (nSPS) is 11.0. The molecule has 1 heterocycles. The number of rotatable bonds is 6. The highest BCUT2D eigenvalue weighted by Crippen LogP contribution is 2.14. The lowest BCUT2D eigenvalue weighted by molar-refractivity contribution is -0.138. The van der Waals surface area contributed by atoms with Crippen LogP contribution in [0, 0.1) is 0 Å². The molecule has 7 nitrogen and oxygen atoms in total. The van der Waals surface area contributed by atoms with E-state index in [0.717, 1.165) is 0 Å². The maximum Gasteiger partial charge on any atom is 0.330 e. The Hall–Kier alpha value is -2.83. The highest BCUT2D eigenvalue weighted by Gasteiger charge is 2.14. The molecule has 1 aromatic heterocycles. The molecule has 0 aliphatic heterocycles. The van der Waals surface area contributed by atoms with Gasteiger partial charge in [0, 0.05) is 26.2 Å². The molecule has 0 bridgehead atoms. The van der Waals surface area contributed by atoms with Gasteiger partial charge >= 0.3 is 18.0 Å². The highest BCUT2D eigenvalue weighted by molar-refractivity contribution is 5.91. The monoisotopic (exact) mass is 334 g/mol. The Morgan fingerprint density at radius 1 is 0.958 bits per heavy atom. The molecule has 1 amide bonds. The lowest BCUT2D eigenvalue weighted by atomic mass is 10.3. The minimum absolute atomic E-state index is 0.272. The average molecular weight is 334 g/mol. The molecule has 0 radical (unpaired) electrons. The van der Waals surface area contributed by atoms with Crippen molar-refractivity contribution in [2.75, 3.05) is 27.3 Å². The second-order valence-corrected chi connectivity index (χ2v) is 4.87. The zero-order chi connectivity index (χ0) is 18.1. The van der Waals surface area contributed by atoms with E-state index in [1.807, 2.05) is 0 Å². The number of aromatic nitrogens is 1. The van der Waals surface area contributed by atoms with Crippen molar-refractivity contribution in [2.45, 2.75) is 13.8 Å². The molecule has 0 atom stereocenters. The number of nitrogens with zero attached hydrogens (tertiary/aromatic N) is 2. The number of hydrogen-bond acceptors (Lipinski definition) is 5. The van der Waals surface area contributed by atoms with Crippen molar-refractivity contribution in [3.63, 3.8) is 0 Å². The summed E-state index contributed by atoms with van der Waals surface area (Å²) in [4.78, 5) is 36.6. The minimum atomic E-state index is -0.494. The first kappa shape index (κ1) is 19.2. The third-order valence-electron chi connectivity index (χ3n) is 2.87. The van der Waals surface area contributed by atoms with E-state index in [0.29, 0.717) is 11.4 Å². The topological polar surface area (TPSA) is 77.8 Å². The molecule has 1 rings (SSSR count). The standard InChI is InChI=1S/C17H22N2O5/c1-5-23-15(20)11-9-13-7-8-14(10-12-16(21)24-6-2)19(13)17(22)18(3)4/h7-12H,5-6H2,1-4H3/b11-9+,12-10+. The fourth-order valence-corrected chi connectivity index (χ4v) is 1.84. The third-order valence-corrected chi connectivity index (χ3v) is 2.87. The summed E-state index contributed by atoms with van der Waals surface area (Å²) in [7, 11) is 3.22. The fourth-order valence-electron chi connectivity index (χ4n) is 1.84. The Morgan fingerprint density at radius 3 is 1.71 bits per heavy atom. The smallest absolute Gasteiger partial charge is 0.330 e. The van der Waals surface area contributed by atoms with Crippen LogP contribution in [-0.4, -0.2) is 54.7 Å². The van der Waals surface area contributed by atoms with Crippen LogP contribution in [0.4, 0.5) is 4.79 Å². The summed E-state index contributed by atoms with van der Waals surface area (Å²) in [5.41, 5.74) is 0.982. The van der Waals surface area contributed by atoms with E-state index in [4.69, 9.17) is 9.47 Å². The van der Waals surface area contributed by atoms with Crippen molar-refractivity contribution in [1.82, 2.24) is 9.47 Å². The van der Waals surface area contributed by atoms with Crippen molar-refractivity contribution in [3.8, 4) is 0 Å². The molecule has 0 saturated carbocycles. The zero-order valence-electron chi connectivity index (χ0n) is 14.3. The van der Waals surface area contributed by atoms with Gasteiger partial charge < -0.3 is 14.4 Å². The maximum atomic E-state index is 12.4. The van der Waals surface area contributed by atoms with Gasteiger partial charge in [0.15, 0.2) is 0 Å². The Labute approximate surface area is 141 Å². The fraction of sp³-hybridized carbons (Fsp3) is 0.353. The van der Waals surface area contributed by atoms with Crippen LogP contribution in [-0.2, 0) is 19.1 Å². The third kappa shape index (κ3) is 5.42. The predicted molar refractivity (Wildman–Crippen MR) is 90.2 cm³/mol. The van der Waals surface area contributed by atoms with Crippen LogP contribution in [0.15, 0.2) is 24.3 Å². The molecule has 0 unspecified atom stereocenters. The summed E-state index contributed by atoms with van der Waals surface area (Å²) < 4.78 is 11.0. The summed E-state index contributed by atoms with van der Waals surface area (Å²) in [6.45, 7) is 3.97. The molecule has 7 heteroatoms. The first-order valence-electron chi connectivity index (χ1n) is 7.53. The molecule has 1 aromatic rings. The number of hydrogen-bond donors (Lipinski definition) is 0. The van der Waals surface area contributed by atoms with Gasteiger partial charge in [-0.3, -0.25) is 4.57 Å². The molecule has 0 N–H and O–H groups in total. The van der Waals surface area contributed by atoms with Crippen molar-refractivity contribution < 1.29 is 23.9 Å². The summed E-state index contributed by atoms with van der Waals surface area (Å²) in [6, 6.07) is 3.02. The van der Waals surface area contributed by atoms with Gasteiger partial charge in [-0.1, -0.05) is 0 Å². The maximum absolute atomic E-state index is 12.4. The van der Waals surface area contributed by atoms with E-state index in [-0.39, 0.29) is 19.2 Å². The summed E-state index contributed by atoms with van der Waals surface area (Å²) >= 11 is 0. The first-order chi connectivity index (χ1) is 11.4. The molecular formula is C17H22N2O5. The second kappa shape index (κ2) is 9.34. The van der Waals surface area contributed by atoms with Crippen LogP contribution < -0.4 is 0 Å². The molecule has 0 spiro atoms. The number of carbonyl (C=O) groups is 3. The van der Waals surface area contributed by atoms with Crippen molar-refractivity contribution >= 4 is 30.1 Å². The van der Waals surface area contributed by atoms with E-state index in [2.05, 4.69) is 0 Å². The Balaban J connectivity index is 3.15. The molecule has 130 valence electrons. The van der Waals surface area contributed by atoms with Gasteiger partial charge in [-0.05, 0) is 38.1 Å². The van der Waals surface area contributed by atoms with Gasteiger partial charge in [-0.2, -0.15) is 0 Å². The van der Waals surface area contributed by atoms with Gasteiger partial charge in [0.1, 0.15) is 0 Å². The van der Waals surface area contributed by atoms with Crippen molar-refractivity contribution in [3.05, 3.63) is 35.7 Å². The second-order valence-electron chi connectivity index (χ2n) is 4.87. The van der Waals surface area contributed by atoms with Gasteiger partial charge in [-0.25, -0.2) is 14.4 Å². The number of esters is 2. The van der Waals surface area contributed by atoms with E-state index < -0.39 is 11.9 Å². The Kier molecular flexibility index (Phi) is 7.48. The molecule has 0 aliphatic rings. The molecule has 0 aromatic carbocycles. The molecular weight excluding hydrogens is 312 g/mol. The van der Waals surface area contributed by atoms with Crippen LogP contribution in [0.25, 0.3) is 12.2 Å². The number of ether oxygens (including phenoxy) is 2. The molecule has 0 saturated heterocycles. The van der Waals surface area contributed by atoms with Gasteiger partial charge in [0.25, 0.3) is 0 Å². The lowest BCUT2D eigenvalue weighted by Crippen LogP contribution is -2.28. The van der Waals surface area contributed by atoms with Crippen LogP contribution in [0.1, 0.15) is 25.2 Å². The largest absolute Gasteiger partial charge is 0.463 e. The Bertz CT molecular complexity index is 610. The summed E-state index contributed by atoms with van der Waals surface area (Å²) in [5, 5.41) is 0. The van der Waals surface area contributed by atoms with Crippen LogP contribution in [0.3, 0.4) is 0 Å². The lowest BCUT2D eigenvalue weighted by Gasteiger charge is -2.14. The first-order valence-corrected chi connectivity index (χ1v) is 7.53.